The molecule has 1 saturated heterocycles. The van der Waals surface area contributed by atoms with Gasteiger partial charge in [0.1, 0.15) is 6.10 Å². The zero-order valence-corrected chi connectivity index (χ0v) is 11.1. The second kappa shape index (κ2) is 6.31. The molecule has 20 heavy (non-hydrogen) atoms. The van der Waals surface area contributed by atoms with Crippen LogP contribution in [0.2, 0.25) is 0 Å². The topological polar surface area (TPSA) is 114 Å². The summed E-state index contributed by atoms with van der Waals surface area (Å²) >= 11 is 0. The lowest BCUT2D eigenvalue weighted by atomic mass is 10.2. The SMILES string of the molecule is CCOCc1cn([C@@H]2O[C@H](CO)C[C@H]2O)c(=O)[nH]c1=O. The Morgan fingerprint density at radius 2 is 2.30 bits per heavy atom. The van der Waals surface area contributed by atoms with Gasteiger partial charge in [0.05, 0.1) is 24.9 Å². The summed E-state index contributed by atoms with van der Waals surface area (Å²) in [6, 6.07) is 0. The Morgan fingerprint density at radius 1 is 1.55 bits per heavy atom. The maximum Gasteiger partial charge on any atom is 0.330 e. The van der Waals surface area contributed by atoms with Crippen LogP contribution in [0.25, 0.3) is 0 Å². The number of ether oxygens (including phenoxy) is 2. The van der Waals surface area contributed by atoms with Crippen LogP contribution in [0, 0.1) is 0 Å². The van der Waals surface area contributed by atoms with Crippen molar-refractivity contribution in [3.8, 4) is 0 Å². The highest BCUT2D eigenvalue weighted by molar-refractivity contribution is 5.04. The first-order valence-corrected chi connectivity index (χ1v) is 6.43. The van der Waals surface area contributed by atoms with Crippen LogP contribution in [0.4, 0.5) is 0 Å². The molecule has 1 aromatic rings. The first-order valence-electron chi connectivity index (χ1n) is 6.43. The number of aromatic nitrogens is 2. The summed E-state index contributed by atoms with van der Waals surface area (Å²) in [5.74, 6) is 0. The normalized spacial score (nSPS) is 26.1. The fourth-order valence-electron chi connectivity index (χ4n) is 2.13. The molecular formula is C12H18N2O6. The molecule has 1 aromatic heterocycles. The number of nitrogens with zero attached hydrogens (tertiary/aromatic N) is 1. The Balaban J connectivity index is 2.31. The van der Waals surface area contributed by atoms with Gasteiger partial charge in [-0.05, 0) is 6.92 Å². The van der Waals surface area contributed by atoms with E-state index in [1.54, 1.807) is 6.92 Å². The Hall–Kier alpha value is -1.48. The maximum absolute atomic E-state index is 11.8. The Bertz CT molecular complexity index is 566. The summed E-state index contributed by atoms with van der Waals surface area (Å²) < 4.78 is 11.7. The minimum atomic E-state index is -0.921. The summed E-state index contributed by atoms with van der Waals surface area (Å²) in [6.45, 7) is 2.06. The van der Waals surface area contributed by atoms with E-state index in [2.05, 4.69) is 4.98 Å². The number of aromatic amines is 1. The molecule has 0 spiro atoms. The van der Waals surface area contributed by atoms with Crippen LogP contribution in [0.3, 0.4) is 0 Å². The molecular weight excluding hydrogens is 268 g/mol. The number of hydrogen-bond donors (Lipinski definition) is 3. The van der Waals surface area contributed by atoms with Gasteiger partial charge in [-0.25, -0.2) is 4.79 Å². The van der Waals surface area contributed by atoms with Crippen molar-refractivity contribution in [1.29, 1.82) is 0 Å². The molecule has 0 unspecified atom stereocenters. The van der Waals surface area contributed by atoms with E-state index < -0.39 is 29.7 Å². The fraction of sp³-hybridized carbons (Fsp3) is 0.667. The zero-order chi connectivity index (χ0) is 14.7. The third-order valence-corrected chi connectivity index (χ3v) is 3.15. The molecule has 0 aliphatic carbocycles. The summed E-state index contributed by atoms with van der Waals surface area (Å²) in [5.41, 5.74) is -0.918. The molecule has 112 valence electrons. The molecule has 1 aliphatic heterocycles. The number of aliphatic hydroxyl groups is 2. The quantitative estimate of drug-likeness (QED) is 0.621. The molecule has 3 N–H and O–H groups in total. The number of hydrogen-bond acceptors (Lipinski definition) is 6. The lowest BCUT2D eigenvalue weighted by Crippen LogP contribution is -2.37. The van der Waals surface area contributed by atoms with Crippen molar-refractivity contribution in [2.45, 2.75) is 38.4 Å². The summed E-state index contributed by atoms with van der Waals surface area (Å²) in [7, 11) is 0. The summed E-state index contributed by atoms with van der Waals surface area (Å²) in [4.78, 5) is 25.6. The van der Waals surface area contributed by atoms with Crippen LogP contribution in [-0.4, -0.2) is 45.2 Å². The van der Waals surface area contributed by atoms with Crippen LogP contribution >= 0.6 is 0 Å². The lowest BCUT2D eigenvalue weighted by molar-refractivity contribution is -0.0533. The number of H-pyrrole nitrogens is 1. The fourth-order valence-corrected chi connectivity index (χ4v) is 2.13. The molecule has 1 aliphatic rings. The van der Waals surface area contributed by atoms with Gasteiger partial charge < -0.3 is 19.7 Å². The molecule has 0 bridgehead atoms. The summed E-state index contributed by atoms with van der Waals surface area (Å²) in [5, 5.41) is 18.9. The molecule has 2 rings (SSSR count). The number of nitrogens with one attached hydrogen (secondary N) is 1. The Morgan fingerprint density at radius 3 is 2.90 bits per heavy atom. The Labute approximate surface area is 114 Å². The van der Waals surface area contributed by atoms with Crippen molar-refractivity contribution in [3.63, 3.8) is 0 Å². The molecule has 0 radical (unpaired) electrons. The van der Waals surface area contributed by atoms with Gasteiger partial charge in [0.2, 0.25) is 0 Å². The van der Waals surface area contributed by atoms with E-state index in [9.17, 15) is 14.7 Å². The standard InChI is InChI=1S/C12H18N2O6/c1-2-19-6-7-4-14(12(18)13-10(7)17)11-9(16)3-8(5-15)20-11/h4,8-9,11,15-16H,2-3,5-6H2,1H3,(H,13,17,18)/t8-,9+,11+/m0/s1. The average Bonchev–Trinajstić information content (AvgIpc) is 2.79. The van der Waals surface area contributed by atoms with Gasteiger partial charge in [-0.3, -0.25) is 14.3 Å². The van der Waals surface area contributed by atoms with Crippen LogP contribution < -0.4 is 11.2 Å². The predicted molar refractivity (Wildman–Crippen MR) is 68.3 cm³/mol. The van der Waals surface area contributed by atoms with Gasteiger partial charge in [-0.2, -0.15) is 0 Å². The minimum absolute atomic E-state index is 0.0678. The van der Waals surface area contributed by atoms with Crippen LogP contribution in [0.5, 0.6) is 0 Å². The van der Waals surface area contributed by atoms with Crippen LogP contribution in [0.15, 0.2) is 15.8 Å². The first kappa shape index (κ1) is 14.9. The smallest absolute Gasteiger partial charge is 0.330 e. The van der Waals surface area contributed by atoms with Crippen molar-refractivity contribution >= 4 is 0 Å². The molecule has 8 heteroatoms. The van der Waals surface area contributed by atoms with E-state index in [1.165, 1.54) is 6.20 Å². The van der Waals surface area contributed by atoms with Gasteiger partial charge >= 0.3 is 5.69 Å². The van der Waals surface area contributed by atoms with E-state index in [4.69, 9.17) is 14.6 Å². The molecule has 0 aromatic carbocycles. The zero-order valence-electron chi connectivity index (χ0n) is 11.1. The van der Waals surface area contributed by atoms with Crippen LogP contribution in [0.1, 0.15) is 25.1 Å². The van der Waals surface area contributed by atoms with Crippen molar-refractivity contribution in [2.75, 3.05) is 13.2 Å². The van der Waals surface area contributed by atoms with E-state index in [-0.39, 0.29) is 25.2 Å². The second-order valence-corrected chi connectivity index (χ2v) is 4.59. The van der Waals surface area contributed by atoms with E-state index in [0.29, 0.717) is 6.61 Å². The van der Waals surface area contributed by atoms with Gasteiger partial charge in [0, 0.05) is 19.2 Å². The summed E-state index contributed by atoms with van der Waals surface area (Å²) in [6.07, 6.45) is -0.811. The molecule has 3 atom stereocenters. The molecule has 2 heterocycles. The largest absolute Gasteiger partial charge is 0.394 e. The highest BCUT2D eigenvalue weighted by Crippen LogP contribution is 2.27. The Kier molecular flexibility index (Phi) is 4.71. The monoisotopic (exact) mass is 286 g/mol. The molecule has 0 amide bonds. The van der Waals surface area contributed by atoms with Crippen LogP contribution in [-0.2, 0) is 16.1 Å². The second-order valence-electron chi connectivity index (χ2n) is 4.59. The predicted octanol–water partition coefficient (Wildman–Crippen LogP) is -1.29. The lowest BCUT2D eigenvalue weighted by Gasteiger charge is -2.17. The minimum Gasteiger partial charge on any atom is -0.394 e. The third-order valence-electron chi connectivity index (χ3n) is 3.15. The number of rotatable bonds is 5. The van der Waals surface area contributed by atoms with E-state index in [1.807, 2.05) is 0 Å². The van der Waals surface area contributed by atoms with Crippen molar-refractivity contribution in [2.24, 2.45) is 0 Å². The van der Waals surface area contributed by atoms with E-state index >= 15 is 0 Å². The molecule has 0 saturated carbocycles. The third kappa shape index (κ3) is 2.98. The number of aliphatic hydroxyl groups excluding tert-OH is 2. The first-order chi connectivity index (χ1) is 9.56. The van der Waals surface area contributed by atoms with Gasteiger partial charge in [-0.1, -0.05) is 0 Å². The maximum atomic E-state index is 11.8. The van der Waals surface area contributed by atoms with Crippen molar-refractivity contribution < 1.29 is 19.7 Å². The molecule has 1 fully saturated rings. The van der Waals surface area contributed by atoms with Gasteiger partial charge in [0.15, 0.2) is 6.23 Å². The average molecular weight is 286 g/mol. The van der Waals surface area contributed by atoms with Crippen molar-refractivity contribution in [3.05, 3.63) is 32.6 Å². The molecule has 8 nitrogen and oxygen atoms in total. The highest BCUT2D eigenvalue weighted by atomic mass is 16.5. The highest BCUT2D eigenvalue weighted by Gasteiger charge is 2.35. The van der Waals surface area contributed by atoms with Gasteiger partial charge in [-0.15, -0.1) is 0 Å². The van der Waals surface area contributed by atoms with E-state index in [0.717, 1.165) is 4.57 Å². The van der Waals surface area contributed by atoms with Gasteiger partial charge in [0.25, 0.3) is 5.56 Å². The van der Waals surface area contributed by atoms with Crippen molar-refractivity contribution in [1.82, 2.24) is 9.55 Å².